The Morgan fingerprint density at radius 1 is 1.47 bits per heavy atom. The van der Waals surface area contributed by atoms with Crippen molar-refractivity contribution in [1.82, 2.24) is 10.2 Å². The van der Waals surface area contributed by atoms with Crippen molar-refractivity contribution in [3.05, 3.63) is 0 Å². The van der Waals surface area contributed by atoms with Crippen LogP contribution in [0.5, 0.6) is 0 Å². The molecule has 0 unspecified atom stereocenters. The minimum Gasteiger partial charge on any atom is -0.382 e. The van der Waals surface area contributed by atoms with E-state index in [0.29, 0.717) is 12.0 Å². The fourth-order valence-corrected chi connectivity index (χ4v) is 1.18. The minimum atomic E-state index is 0.527. The standard InChI is InChI=1S/C12H28N4O/c1-5-17-10-6-7-14-12(13)15-8-9-16(4)11(2)3/h11H,5-10H2,1-4H3,(H3,13,14,15). The van der Waals surface area contributed by atoms with E-state index in [1.54, 1.807) is 0 Å². The molecule has 0 heterocycles. The van der Waals surface area contributed by atoms with E-state index in [0.717, 1.165) is 39.3 Å². The van der Waals surface area contributed by atoms with Crippen LogP contribution in [0.3, 0.4) is 0 Å². The largest absolute Gasteiger partial charge is 0.382 e. The molecule has 0 saturated carbocycles. The number of nitrogens with zero attached hydrogens (tertiary/aromatic N) is 2. The first-order chi connectivity index (χ1) is 8.07. The molecule has 0 aromatic heterocycles. The normalized spacial score (nSPS) is 12.5. The van der Waals surface area contributed by atoms with Gasteiger partial charge >= 0.3 is 0 Å². The van der Waals surface area contributed by atoms with Gasteiger partial charge in [0.2, 0.25) is 0 Å². The Kier molecular flexibility index (Phi) is 9.86. The Hall–Kier alpha value is -0.810. The van der Waals surface area contributed by atoms with Gasteiger partial charge in [0.05, 0.1) is 0 Å². The highest BCUT2D eigenvalue weighted by atomic mass is 16.5. The van der Waals surface area contributed by atoms with Gasteiger partial charge in [-0.25, -0.2) is 0 Å². The Balaban J connectivity index is 3.50. The van der Waals surface area contributed by atoms with Crippen molar-refractivity contribution < 1.29 is 4.74 Å². The topological polar surface area (TPSA) is 62.9 Å². The molecule has 0 radical (unpaired) electrons. The van der Waals surface area contributed by atoms with Gasteiger partial charge in [0.15, 0.2) is 5.96 Å². The number of nitrogens with one attached hydrogen (secondary N) is 1. The van der Waals surface area contributed by atoms with Gasteiger partial charge in [-0.15, -0.1) is 0 Å². The molecule has 0 aromatic carbocycles. The summed E-state index contributed by atoms with van der Waals surface area (Å²) >= 11 is 0. The average molecular weight is 244 g/mol. The van der Waals surface area contributed by atoms with Crippen LogP contribution in [-0.2, 0) is 4.74 Å². The van der Waals surface area contributed by atoms with Crippen molar-refractivity contribution in [3.8, 4) is 0 Å². The zero-order valence-corrected chi connectivity index (χ0v) is 11.7. The average Bonchev–Trinajstić information content (AvgIpc) is 2.28. The lowest BCUT2D eigenvalue weighted by molar-refractivity contribution is 0.146. The van der Waals surface area contributed by atoms with Crippen LogP contribution < -0.4 is 11.1 Å². The maximum absolute atomic E-state index is 5.73. The van der Waals surface area contributed by atoms with E-state index in [1.807, 2.05) is 6.92 Å². The third kappa shape index (κ3) is 10.1. The van der Waals surface area contributed by atoms with Crippen LogP contribution in [-0.4, -0.2) is 56.8 Å². The fourth-order valence-electron chi connectivity index (χ4n) is 1.18. The highest BCUT2D eigenvalue weighted by molar-refractivity contribution is 5.77. The highest BCUT2D eigenvalue weighted by Gasteiger charge is 2.01. The Morgan fingerprint density at radius 3 is 2.76 bits per heavy atom. The molecule has 17 heavy (non-hydrogen) atoms. The molecular formula is C12H28N4O. The van der Waals surface area contributed by atoms with Crippen LogP contribution in [0.2, 0.25) is 0 Å². The molecule has 5 heteroatoms. The molecule has 0 aromatic rings. The Bertz CT molecular complexity index is 207. The summed E-state index contributed by atoms with van der Waals surface area (Å²) in [4.78, 5) is 6.48. The summed E-state index contributed by atoms with van der Waals surface area (Å²) in [6.07, 6.45) is 0.919. The van der Waals surface area contributed by atoms with Crippen molar-refractivity contribution >= 4 is 5.96 Å². The fraction of sp³-hybridized carbons (Fsp3) is 0.917. The van der Waals surface area contributed by atoms with Crippen molar-refractivity contribution in [2.45, 2.75) is 33.2 Å². The van der Waals surface area contributed by atoms with E-state index in [2.05, 4.69) is 36.1 Å². The maximum Gasteiger partial charge on any atom is 0.188 e. The van der Waals surface area contributed by atoms with Gasteiger partial charge in [-0.3, -0.25) is 4.99 Å². The summed E-state index contributed by atoms with van der Waals surface area (Å²) in [5.74, 6) is 0.527. The first-order valence-electron chi connectivity index (χ1n) is 6.39. The summed E-state index contributed by atoms with van der Waals surface area (Å²) < 4.78 is 5.22. The van der Waals surface area contributed by atoms with Gasteiger partial charge in [0.1, 0.15) is 0 Å². The smallest absolute Gasteiger partial charge is 0.188 e. The third-order valence-corrected chi connectivity index (χ3v) is 2.59. The number of hydrogen-bond acceptors (Lipinski definition) is 3. The molecule has 0 fully saturated rings. The predicted molar refractivity (Wildman–Crippen MR) is 73.4 cm³/mol. The monoisotopic (exact) mass is 244 g/mol. The Labute approximate surface area is 105 Å². The van der Waals surface area contributed by atoms with E-state index in [1.165, 1.54) is 0 Å². The predicted octanol–water partition coefficient (Wildman–Crippen LogP) is 0.658. The van der Waals surface area contributed by atoms with Crippen molar-refractivity contribution in [3.63, 3.8) is 0 Å². The van der Waals surface area contributed by atoms with Gasteiger partial charge < -0.3 is 20.7 Å². The molecule has 0 atom stereocenters. The van der Waals surface area contributed by atoms with E-state index in [-0.39, 0.29) is 0 Å². The number of ether oxygens (including phenoxy) is 1. The van der Waals surface area contributed by atoms with Gasteiger partial charge in [-0.1, -0.05) is 0 Å². The van der Waals surface area contributed by atoms with E-state index < -0.39 is 0 Å². The molecule has 102 valence electrons. The summed E-state index contributed by atoms with van der Waals surface area (Å²) in [6.45, 7) is 10.4. The number of nitrogens with two attached hydrogens (primary N) is 1. The lowest BCUT2D eigenvalue weighted by atomic mass is 10.3. The molecule has 3 N–H and O–H groups in total. The maximum atomic E-state index is 5.73. The van der Waals surface area contributed by atoms with Gasteiger partial charge in [0, 0.05) is 38.9 Å². The van der Waals surface area contributed by atoms with Crippen LogP contribution in [0.25, 0.3) is 0 Å². The first-order valence-corrected chi connectivity index (χ1v) is 6.39. The van der Waals surface area contributed by atoms with Crippen molar-refractivity contribution in [2.24, 2.45) is 10.7 Å². The molecule has 0 aliphatic heterocycles. The highest BCUT2D eigenvalue weighted by Crippen LogP contribution is 1.90. The number of likely N-dealkylation sites (N-methyl/N-ethyl adjacent to an activating group) is 1. The zero-order chi connectivity index (χ0) is 13.1. The van der Waals surface area contributed by atoms with Crippen LogP contribution >= 0.6 is 0 Å². The first kappa shape index (κ1) is 16.2. The second-order valence-electron chi connectivity index (χ2n) is 4.32. The molecule has 0 amide bonds. The molecule has 0 rings (SSSR count). The van der Waals surface area contributed by atoms with Crippen LogP contribution in [0, 0.1) is 0 Å². The van der Waals surface area contributed by atoms with Crippen LogP contribution in [0.4, 0.5) is 0 Å². The van der Waals surface area contributed by atoms with E-state index >= 15 is 0 Å². The molecular weight excluding hydrogens is 216 g/mol. The molecule has 0 aliphatic rings. The van der Waals surface area contributed by atoms with Gasteiger partial charge in [-0.2, -0.15) is 0 Å². The third-order valence-electron chi connectivity index (χ3n) is 2.59. The second kappa shape index (κ2) is 10.4. The van der Waals surface area contributed by atoms with Crippen molar-refractivity contribution in [1.29, 1.82) is 0 Å². The van der Waals surface area contributed by atoms with E-state index in [9.17, 15) is 0 Å². The van der Waals surface area contributed by atoms with Crippen molar-refractivity contribution in [2.75, 3.05) is 39.9 Å². The Morgan fingerprint density at radius 2 is 2.18 bits per heavy atom. The molecule has 0 bridgehead atoms. The number of rotatable bonds is 9. The summed E-state index contributed by atoms with van der Waals surface area (Å²) in [5.41, 5.74) is 5.73. The molecule has 0 spiro atoms. The SMILES string of the molecule is CCOCCCN=C(N)NCCN(C)C(C)C. The zero-order valence-electron chi connectivity index (χ0n) is 11.7. The van der Waals surface area contributed by atoms with Crippen LogP contribution in [0.15, 0.2) is 4.99 Å². The molecule has 0 saturated heterocycles. The number of hydrogen-bond donors (Lipinski definition) is 2. The van der Waals surface area contributed by atoms with Crippen LogP contribution in [0.1, 0.15) is 27.2 Å². The number of guanidine groups is 1. The van der Waals surface area contributed by atoms with Gasteiger partial charge in [0.25, 0.3) is 0 Å². The lowest BCUT2D eigenvalue weighted by Crippen LogP contribution is -2.39. The summed E-state index contributed by atoms with van der Waals surface area (Å²) in [6, 6.07) is 0.557. The summed E-state index contributed by atoms with van der Waals surface area (Å²) in [5, 5.41) is 3.10. The minimum absolute atomic E-state index is 0.527. The lowest BCUT2D eigenvalue weighted by Gasteiger charge is -2.20. The number of aliphatic imine (C=N–C) groups is 1. The molecule has 5 nitrogen and oxygen atoms in total. The summed E-state index contributed by atoms with van der Waals surface area (Å²) in [7, 11) is 2.10. The van der Waals surface area contributed by atoms with Gasteiger partial charge in [-0.05, 0) is 34.2 Å². The van der Waals surface area contributed by atoms with E-state index in [4.69, 9.17) is 10.5 Å². The molecule has 0 aliphatic carbocycles. The quantitative estimate of drug-likeness (QED) is 0.355. The second-order valence-corrected chi connectivity index (χ2v) is 4.32.